The van der Waals surface area contributed by atoms with Gasteiger partial charge in [0.15, 0.2) is 0 Å². The summed E-state index contributed by atoms with van der Waals surface area (Å²) in [6.45, 7) is 2.48. The molecule has 0 aromatic heterocycles. The number of esters is 1. The van der Waals surface area contributed by atoms with Crippen LogP contribution in [0.2, 0.25) is 0 Å². The fraction of sp³-hybridized carbons (Fsp3) is 0.300. The minimum Gasteiger partial charge on any atom is -0.467 e. The summed E-state index contributed by atoms with van der Waals surface area (Å²) in [5.41, 5.74) is -1.50. The largest absolute Gasteiger partial charge is 0.467 e. The molecule has 1 aliphatic rings. The van der Waals surface area contributed by atoms with Crippen LogP contribution in [0, 0.1) is 5.82 Å². The van der Waals surface area contributed by atoms with Crippen molar-refractivity contribution in [2.75, 3.05) is 13.7 Å². The molecule has 0 saturated carbocycles. The number of hydrogen-bond acceptors (Lipinski definition) is 7. The van der Waals surface area contributed by atoms with Crippen LogP contribution in [-0.4, -0.2) is 44.4 Å². The van der Waals surface area contributed by atoms with Crippen molar-refractivity contribution >= 4 is 21.7 Å². The molecule has 0 bridgehead atoms. The van der Waals surface area contributed by atoms with Gasteiger partial charge in [-0.05, 0) is 62.4 Å². The fourth-order valence-electron chi connectivity index (χ4n) is 3.42. The number of piperazine rings is 1. The Bertz CT molecular complexity index is 1070. The summed E-state index contributed by atoms with van der Waals surface area (Å²) in [4.78, 5) is 22.1. The molecule has 1 heterocycles. The van der Waals surface area contributed by atoms with Gasteiger partial charge < -0.3 is 14.8 Å². The van der Waals surface area contributed by atoms with E-state index in [1.54, 1.807) is 0 Å². The zero-order valence-electron chi connectivity index (χ0n) is 16.6. The van der Waals surface area contributed by atoms with Gasteiger partial charge in [0.25, 0.3) is 0 Å². The number of carbonyl (C=O) groups is 2. The average molecular weight is 436 g/mol. The first-order valence-electron chi connectivity index (χ1n) is 8.96. The van der Waals surface area contributed by atoms with Crippen LogP contribution in [0.25, 0.3) is 0 Å². The van der Waals surface area contributed by atoms with Gasteiger partial charge in [-0.2, -0.15) is 0 Å². The van der Waals surface area contributed by atoms with Crippen molar-refractivity contribution in [3.63, 3.8) is 0 Å². The smallest absolute Gasteiger partial charge is 0.344 e. The Morgan fingerprint density at radius 2 is 1.57 bits per heavy atom. The Balaban J connectivity index is 1.98. The Hall–Kier alpha value is -2.98. The first-order chi connectivity index (χ1) is 14.0. The molecule has 10 heteroatoms. The van der Waals surface area contributed by atoms with Crippen LogP contribution in [0.3, 0.4) is 0 Å². The van der Waals surface area contributed by atoms with Crippen molar-refractivity contribution in [1.82, 2.24) is 10.6 Å². The predicted octanol–water partition coefficient (Wildman–Crippen LogP) is 1.76. The van der Waals surface area contributed by atoms with E-state index in [2.05, 4.69) is 10.6 Å². The minimum atomic E-state index is -4.37. The summed E-state index contributed by atoms with van der Waals surface area (Å²) >= 11 is 0. The molecule has 0 spiro atoms. The summed E-state index contributed by atoms with van der Waals surface area (Å²) in [6.07, 6.45) is 0. The normalized spacial score (nSPS) is 20.9. The van der Waals surface area contributed by atoms with E-state index in [4.69, 9.17) is 9.47 Å². The number of methoxy groups -OCH3 is 1. The maximum absolute atomic E-state index is 13.5. The van der Waals surface area contributed by atoms with Gasteiger partial charge in [0.2, 0.25) is 20.6 Å². The van der Waals surface area contributed by atoms with Gasteiger partial charge in [-0.1, -0.05) is 0 Å². The van der Waals surface area contributed by atoms with Gasteiger partial charge in [0, 0.05) is 0 Å². The lowest BCUT2D eigenvalue weighted by Crippen LogP contribution is -2.79. The summed E-state index contributed by atoms with van der Waals surface area (Å²) in [5.74, 6) is -1.21. The molecule has 2 aromatic carbocycles. The molecule has 1 unspecified atom stereocenters. The van der Waals surface area contributed by atoms with Crippen molar-refractivity contribution in [3.8, 4) is 11.5 Å². The van der Waals surface area contributed by atoms with Crippen LogP contribution in [0.1, 0.15) is 13.8 Å². The van der Waals surface area contributed by atoms with Crippen molar-refractivity contribution < 1.29 is 31.9 Å². The third-order valence-corrected chi connectivity index (χ3v) is 7.41. The van der Waals surface area contributed by atoms with Gasteiger partial charge in [-0.3, -0.25) is 10.1 Å². The molecule has 8 nitrogen and oxygen atoms in total. The van der Waals surface area contributed by atoms with E-state index < -0.39 is 37.9 Å². The van der Waals surface area contributed by atoms with Gasteiger partial charge >= 0.3 is 5.97 Å². The number of amides is 1. The van der Waals surface area contributed by atoms with E-state index in [0.717, 1.165) is 7.11 Å². The highest BCUT2D eigenvalue weighted by atomic mass is 32.2. The number of nitrogens with one attached hydrogen (secondary N) is 2. The molecule has 1 amide bonds. The molecule has 30 heavy (non-hydrogen) atoms. The van der Waals surface area contributed by atoms with Crippen molar-refractivity contribution in [3.05, 3.63) is 54.3 Å². The van der Waals surface area contributed by atoms with Gasteiger partial charge in [0.05, 0.1) is 24.1 Å². The molecule has 1 saturated heterocycles. The minimum absolute atomic E-state index is 0.170. The highest BCUT2D eigenvalue weighted by Crippen LogP contribution is 2.37. The van der Waals surface area contributed by atoms with Crippen LogP contribution >= 0.6 is 0 Å². The fourth-order valence-corrected chi connectivity index (χ4v) is 5.56. The van der Waals surface area contributed by atoms with E-state index in [1.807, 2.05) is 0 Å². The van der Waals surface area contributed by atoms with Crippen LogP contribution in [0.5, 0.6) is 11.5 Å². The predicted molar refractivity (Wildman–Crippen MR) is 105 cm³/mol. The molecular formula is C20H21FN2O6S. The second kappa shape index (κ2) is 7.69. The molecule has 2 aromatic rings. The summed E-state index contributed by atoms with van der Waals surface area (Å²) in [7, 11) is -3.29. The second-order valence-electron chi connectivity index (χ2n) is 7.23. The van der Waals surface area contributed by atoms with Crippen LogP contribution in [0.4, 0.5) is 4.39 Å². The number of ether oxygens (including phenoxy) is 2. The maximum atomic E-state index is 13.5. The highest BCUT2D eigenvalue weighted by molar-refractivity contribution is 7.93. The standard InChI is InChI=1S/C20H21FN2O6S/c1-19(2)20(18(25)28-3,22-12-17(24)23-19)30(26,27)16-10-8-15(9-11-16)29-14-6-4-13(21)5-7-14/h4-11,22H,12H2,1-3H3,(H,23,24). The molecule has 0 aliphatic carbocycles. The topological polar surface area (TPSA) is 111 Å². The second-order valence-corrected chi connectivity index (χ2v) is 9.32. The van der Waals surface area contributed by atoms with E-state index in [0.29, 0.717) is 11.5 Å². The van der Waals surface area contributed by atoms with E-state index in [9.17, 15) is 22.4 Å². The monoisotopic (exact) mass is 436 g/mol. The number of benzene rings is 2. The first kappa shape index (κ1) is 21.7. The zero-order chi connectivity index (χ0) is 22.2. The number of hydrogen-bond donors (Lipinski definition) is 2. The number of halogens is 1. The number of carbonyl (C=O) groups excluding carboxylic acids is 2. The Kier molecular flexibility index (Phi) is 5.57. The maximum Gasteiger partial charge on any atom is 0.344 e. The number of rotatable bonds is 5. The third kappa shape index (κ3) is 3.52. The van der Waals surface area contributed by atoms with E-state index in [1.165, 1.54) is 62.4 Å². The Labute approximate surface area is 173 Å². The quantitative estimate of drug-likeness (QED) is 0.687. The van der Waals surface area contributed by atoms with E-state index in [-0.39, 0.29) is 11.4 Å². The zero-order valence-corrected chi connectivity index (χ0v) is 17.4. The van der Waals surface area contributed by atoms with Gasteiger partial charge in [0.1, 0.15) is 17.3 Å². The van der Waals surface area contributed by atoms with Crippen LogP contribution in [0.15, 0.2) is 53.4 Å². The van der Waals surface area contributed by atoms with Crippen molar-refractivity contribution in [2.24, 2.45) is 0 Å². The van der Waals surface area contributed by atoms with Gasteiger partial charge in [-0.15, -0.1) is 0 Å². The van der Waals surface area contributed by atoms with Crippen LogP contribution < -0.4 is 15.4 Å². The highest BCUT2D eigenvalue weighted by Gasteiger charge is 2.64. The molecular weight excluding hydrogens is 415 g/mol. The SMILES string of the molecule is COC(=O)C1(S(=O)(=O)c2ccc(Oc3ccc(F)cc3)cc2)NCC(=O)NC1(C)C. The lowest BCUT2D eigenvalue weighted by molar-refractivity contribution is -0.149. The first-order valence-corrected chi connectivity index (χ1v) is 10.4. The molecule has 1 fully saturated rings. The summed E-state index contributed by atoms with van der Waals surface area (Å²) < 4.78 is 50.5. The summed E-state index contributed by atoms with van der Waals surface area (Å²) in [6, 6.07) is 10.7. The Morgan fingerprint density at radius 1 is 1.03 bits per heavy atom. The average Bonchev–Trinajstić information content (AvgIpc) is 2.69. The molecule has 160 valence electrons. The van der Waals surface area contributed by atoms with E-state index >= 15 is 0 Å². The van der Waals surface area contributed by atoms with Crippen molar-refractivity contribution in [1.29, 1.82) is 0 Å². The van der Waals surface area contributed by atoms with Crippen molar-refractivity contribution in [2.45, 2.75) is 29.2 Å². The molecule has 0 radical (unpaired) electrons. The van der Waals surface area contributed by atoms with Gasteiger partial charge in [-0.25, -0.2) is 17.6 Å². The lowest BCUT2D eigenvalue weighted by Gasteiger charge is -2.47. The molecule has 3 rings (SSSR count). The summed E-state index contributed by atoms with van der Waals surface area (Å²) in [5, 5.41) is 5.13. The molecule has 1 atom stereocenters. The third-order valence-electron chi connectivity index (χ3n) is 4.89. The lowest BCUT2D eigenvalue weighted by atomic mass is 9.91. The molecule has 1 aliphatic heterocycles. The number of sulfone groups is 1. The molecule has 2 N–H and O–H groups in total. The van der Waals surface area contributed by atoms with Crippen LogP contribution in [-0.2, 0) is 24.2 Å². The Morgan fingerprint density at radius 3 is 2.07 bits per heavy atom.